The molecule has 1 aliphatic rings. The van der Waals surface area contributed by atoms with E-state index in [4.69, 9.17) is 4.74 Å². The van der Waals surface area contributed by atoms with Gasteiger partial charge in [-0.25, -0.2) is 0 Å². The molecule has 0 amide bonds. The first kappa shape index (κ1) is 12.8. The summed E-state index contributed by atoms with van der Waals surface area (Å²) in [5.41, 5.74) is 0. The monoisotopic (exact) mass is 230 g/mol. The maximum atomic E-state index is 5.15. The number of nitrogens with one attached hydrogen (secondary N) is 1. The Morgan fingerprint density at radius 2 is 2.33 bits per heavy atom. The zero-order valence-corrected chi connectivity index (χ0v) is 10.9. The molecular formula is C11H22N2OS. The van der Waals surface area contributed by atoms with Gasteiger partial charge in [-0.1, -0.05) is 32.5 Å². The van der Waals surface area contributed by atoms with E-state index in [1.54, 1.807) is 7.11 Å². The number of hydrogen-bond donors (Lipinski definition) is 1. The molecule has 1 heterocycles. The van der Waals surface area contributed by atoms with Crippen LogP contribution in [0.1, 0.15) is 27.2 Å². The minimum absolute atomic E-state index is 0.396. The number of thioether (sulfide) groups is 1. The first-order chi connectivity index (χ1) is 7.17. The normalized spacial score (nSPS) is 23.0. The maximum absolute atomic E-state index is 5.15. The maximum Gasteiger partial charge on any atom is 0.157 e. The fraction of sp³-hybridized carbons (Fsp3) is 0.909. The fourth-order valence-corrected chi connectivity index (χ4v) is 2.70. The molecule has 0 spiro atoms. The number of amidine groups is 1. The third-order valence-corrected chi connectivity index (χ3v) is 3.64. The lowest BCUT2D eigenvalue weighted by Crippen LogP contribution is -2.35. The van der Waals surface area contributed by atoms with Gasteiger partial charge in [-0.15, -0.1) is 0 Å². The Labute approximate surface area is 97.1 Å². The van der Waals surface area contributed by atoms with Crippen LogP contribution in [0.2, 0.25) is 0 Å². The number of aliphatic imine (C=N–C) groups is 1. The van der Waals surface area contributed by atoms with Crippen LogP contribution in [0.4, 0.5) is 0 Å². The van der Waals surface area contributed by atoms with Crippen LogP contribution >= 0.6 is 11.8 Å². The van der Waals surface area contributed by atoms with Crippen molar-refractivity contribution in [3.05, 3.63) is 0 Å². The van der Waals surface area contributed by atoms with Crippen molar-refractivity contribution in [2.45, 2.75) is 39.3 Å². The van der Waals surface area contributed by atoms with Gasteiger partial charge >= 0.3 is 0 Å². The van der Waals surface area contributed by atoms with E-state index in [2.05, 4.69) is 31.1 Å². The molecule has 0 aromatic rings. The van der Waals surface area contributed by atoms with E-state index in [0.29, 0.717) is 18.0 Å². The van der Waals surface area contributed by atoms with Crippen molar-refractivity contribution in [3.63, 3.8) is 0 Å². The van der Waals surface area contributed by atoms with Gasteiger partial charge in [0.2, 0.25) is 0 Å². The molecule has 88 valence electrons. The van der Waals surface area contributed by atoms with Crippen LogP contribution in [-0.2, 0) is 4.74 Å². The highest BCUT2D eigenvalue weighted by Gasteiger charge is 2.22. The van der Waals surface area contributed by atoms with Gasteiger partial charge in [-0.3, -0.25) is 4.99 Å². The number of methoxy groups -OCH3 is 1. The largest absolute Gasteiger partial charge is 0.383 e. The van der Waals surface area contributed by atoms with Crippen molar-refractivity contribution in [1.82, 2.24) is 5.32 Å². The summed E-state index contributed by atoms with van der Waals surface area (Å²) >= 11 is 1.83. The van der Waals surface area contributed by atoms with Gasteiger partial charge in [0.25, 0.3) is 0 Å². The molecule has 3 nitrogen and oxygen atoms in total. The molecule has 4 heteroatoms. The Bertz CT molecular complexity index is 219. The molecular weight excluding hydrogens is 208 g/mol. The fourth-order valence-electron chi connectivity index (χ4n) is 1.45. The van der Waals surface area contributed by atoms with Crippen molar-refractivity contribution in [1.29, 1.82) is 0 Å². The first-order valence-corrected chi connectivity index (χ1v) is 6.62. The van der Waals surface area contributed by atoms with E-state index in [9.17, 15) is 0 Å². The minimum atomic E-state index is 0.396. The standard InChI is InChI=1S/C11H22N2OS/c1-5-9(6-14-4)12-11-13-10(7-15-11)8(2)3/h8-10H,5-7H2,1-4H3,(H,12,13)/t9?,10-/m1/s1. The Hall–Kier alpha value is -0.220. The van der Waals surface area contributed by atoms with E-state index in [1.165, 1.54) is 0 Å². The van der Waals surface area contributed by atoms with Gasteiger partial charge in [-0.2, -0.15) is 0 Å². The molecule has 0 saturated carbocycles. The number of ether oxygens (including phenoxy) is 1. The second-order valence-corrected chi connectivity index (χ2v) is 5.27. The molecule has 0 aliphatic carbocycles. The SMILES string of the molecule is CCC(COC)NC1=N[C@@H](C(C)C)CS1. The predicted octanol–water partition coefficient (Wildman–Crippen LogP) is 2.13. The number of hydrogen-bond acceptors (Lipinski definition) is 4. The van der Waals surface area contributed by atoms with Crippen molar-refractivity contribution in [3.8, 4) is 0 Å². The van der Waals surface area contributed by atoms with Crippen molar-refractivity contribution < 1.29 is 4.74 Å². The molecule has 15 heavy (non-hydrogen) atoms. The lowest BCUT2D eigenvalue weighted by atomic mass is 10.1. The molecule has 1 rings (SSSR count). The highest BCUT2D eigenvalue weighted by atomic mass is 32.2. The third-order valence-electron chi connectivity index (χ3n) is 2.63. The Kier molecular flexibility index (Phi) is 5.47. The molecule has 0 bridgehead atoms. The van der Waals surface area contributed by atoms with Crippen LogP contribution in [0.25, 0.3) is 0 Å². The lowest BCUT2D eigenvalue weighted by molar-refractivity contribution is 0.172. The molecule has 0 fully saturated rings. The summed E-state index contributed by atoms with van der Waals surface area (Å²) in [4.78, 5) is 4.67. The van der Waals surface area contributed by atoms with Crippen molar-refractivity contribution in [2.75, 3.05) is 19.5 Å². The van der Waals surface area contributed by atoms with Crippen LogP contribution in [0, 0.1) is 5.92 Å². The van der Waals surface area contributed by atoms with Crippen LogP contribution in [0.15, 0.2) is 4.99 Å². The predicted molar refractivity (Wildman–Crippen MR) is 67.6 cm³/mol. The van der Waals surface area contributed by atoms with E-state index < -0.39 is 0 Å². The molecule has 2 atom stereocenters. The topological polar surface area (TPSA) is 33.6 Å². The quantitative estimate of drug-likeness (QED) is 0.785. The molecule has 0 radical (unpaired) electrons. The summed E-state index contributed by atoms with van der Waals surface area (Å²) in [5, 5.41) is 4.53. The average Bonchev–Trinajstić information content (AvgIpc) is 2.65. The van der Waals surface area contributed by atoms with Crippen LogP contribution in [0.3, 0.4) is 0 Å². The molecule has 1 N–H and O–H groups in total. The van der Waals surface area contributed by atoms with Crippen LogP contribution in [-0.4, -0.2) is 36.7 Å². The second kappa shape index (κ2) is 6.38. The van der Waals surface area contributed by atoms with Crippen LogP contribution < -0.4 is 5.32 Å². The summed E-state index contributed by atoms with van der Waals surface area (Å²) < 4.78 is 5.15. The van der Waals surface area contributed by atoms with E-state index in [-0.39, 0.29) is 0 Å². The summed E-state index contributed by atoms with van der Waals surface area (Å²) in [7, 11) is 1.74. The Balaban J connectivity index is 2.41. The molecule has 0 saturated heterocycles. The van der Waals surface area contributed by atoms with Gasteiger partial charge < -0.3 is 10.1 Å². The smallest absolute Gasteiger partial charge is 0.157 e. The van der Waals surface area contributed by atoms with Crippen molar-refractivity contribution >= 4 is 16.9 Å². The van der Waals surface area contributed by atoms with Gasteiger partial charge in [-0.05, 0) is 12.3 Å². The molecule has 0 aromatic carbocycles. The van der Waals surface area contributed by atoms with E-state index in [1.807, 2.05) is 11.8 Å². The third kappa shape index (κ3) is 4.03. The number of rotatable bonds is 5. The first-order valence-electron chi connectivity index (χ1n) is 5.63. The Morgan fingerprint density at radius 1 is 1.60 bits per heavy atom. The summed E-state index contributed by atoms with van der Waals surface area (Å²) in [6.45, 7) is 7.37. The van der Waals surface area contributed by atoms with E-state index >= 15 is 0 Å². The average molecular weight is 230 g/mol. The van der Waals surface area contributed by atoms with Gasteiger partial charge in [0.05, 0.1) is 18.7 Å². The van der Waals surface area contributed by atoms with E-state index in [0.717, 1.165) is 23.9 Å². The minimum Gasteiger partial charge on any atom is -0.383 e. The highest BCUT2D eigenvalue weighted by Crippen LogP contribution is 2.22. The zero-order chi connectivity index (χ0) is 11.3. The van der Waals surface area contributed by atoms with Gasteiger partial charge in [0, 0.05) is 12.9 Å². The summed E-state index contributed by atoms with van der Waals surface area (Å²) in [6.07, 6.45) is 1.07. The summed E-state index contributed by atoms with van der Waals surface area (Å²) in [5.74, 6) is 1.75. The lowest BCUT2D eigenvalue weighted by Gasteiger charge is -2.16. The van der Waals surface area contributed by atoms with Crippen LogP contribution in [0.5, 0.6) is 0 Å². The van der Waals surface area contributed by atoms with Crippen molar-refractivity contribution in [2.24, 2.45) is 10.9 Å². The van der Waals surface area contributed by atoms with Gasteiger partial charge in [0.1, 0.15) is 0 Å². The second-order valence-electron chi connectivity index (χ2n) is 4.26. The zero-order valence-electron chi connectivity index (χ0n) is 10.1. The van der Waals surface area contributed by atoms with Gasteiger partial charge in [0.15, 0.2) is 5.17 Å². The molecule has 1 aliphatic heterocycles. The number of nitrogens with zero attached hydrogens (tertiary/aromatic N) is 1. The Morgan fingerprint density at radius 3 is 2.80 bits per heavy atom. The highest BCUT2D eigenvalue weighted by molar-refractivity contribution is 8.14. The summed E-state index contributed by atoms with van der Waals surface area (Å²) in [6, 6.07) is 0.879. The molecule has 0 aromatic heterocycles. The molecule has 1 unspecified atom stereocenters.